The van der Waals surface area contributed by atoms with Crippen molar-refractivity contribution in [3.05, 3.63) is 66.2 Å². The summed E-state index contributed by atoms with van der Waals surface area (Å²) in [7, 11) is 0. The molecule has 6 heteroatoms. The van der Waals surface area contributed by atoms with Crippen LogP contribution in [0.5, 0.6) is 0 Å². The second kappa shape index (κ2) is 8.03. The number of hydrogen-bond donors (Lipinski definition) is 1. The zero-order valence-electron chi connectivity index (χ0n) is 15.1. The predicted molar refractivity (Wildman–Crippen MR) is 103 cm³/mol. The number of carbonyl (C=O) groups is 1. The molecule has 0 atom stereocenters. The quantitative estimate of drug-likeness (QED) is 0.743. The minimum Gasteiger partial charge on any atom is -0.467 e. The number of benzene rings is 1. The van der Waals surface area contributed by atoms with E-state index in [4.69, 9.17) is 4.42 Å². The molecule has 1 N–H and O–H groups in total. The smallest absolute Gasteiger partial charge is 0.259 e. The van der Waals surface area contributed by atoms with Gasteiger partial charge in [-0.05, 0) is 31.4 Å². The Balaban J connectivity index is 1.64. The van der Waals surface area contributed by atoms with E-state index in [1.165, 1.54) is 6.42 Å². The van der Waals surface area contributed by atoms with Gasteiger partial charge in [-0.15, -0.1) is 0 Å². The summed E-state index contributed by atoms with van der Waals surface area (Å²) in [6, 6.07) is 13.5. The standard InChI is InChI=1S/C21H22N4O2/c26-21(25-11-5-2-6-12-25)18-15-23-19(16-8-3-1-4-9-16)24-20(18)22-14-17-10-7-13-27-17/h1,3-4,7-10,13,15H,2,5-6,11-12,14H2,(H,22,23,24). The lowest BCUT2D eigenvalue weighted by Crippen LogP contribution is -2.36. The predicted octanol–water partition coefficient (Wildman–Crippen LogP) is 3.97. The van der Waals surface area contributed by atoms with Crippen LogP contribution in [0.3, 0.4) is 0 Å². The number of piperidine rings is 1. The molecule has 27 heavy (non-hydrogen) atoms. The largest absolute Gasteiger partial charge is 0.467 e. The number of hydrogen-bond acceptors (Lipinski definition) is 5. The Kier molecular flexibility index (Phi) is 5.14. The second-order valence-corrected chi connectivity index (χ2v) is 6.61. The first kappa shape index (κ1) is 17.3. The molecule has 1 aromatic carbocycles. The van der Waals surface area contributed by atoms with Crippen molar-refractivity contribution in [2.45, 2.75) is 25.8 Å². The highest BCUT2D eigenvalue weighted by Crippen LogP contribution is 2.22. The summed E-state index contributed by atoms with van der Waals surface area (Å²) in [5.41, 5.74) is 1.42. The van der Waals surface area contributed by atoms with Gasteiger partial charge in [0, 0.05) is 24.8 Å². The molecule has 0 unspecified atom stereocenters. The van der Waals surface area contributed by atoms with E-state index in [-0.39, 0.29) is 5.91 Å². The van der Waals surface area contributed by atoms with Crippen LogP contribution in [0.15, 0.2) is 59.3 Å². The highest BCUT2D eigenvalue weighted by Gasteiger charge is 2.22. The van der Waals surface area contributed by atoms with Crippen LogP contribution in [-0.4, -0.2) is 33.9 Å². The van der Waals surface area contributed by atoms with Gasteiger partial charge < -0.3 is 14.6 Å². The molecular formula is C21H22N4O2. The van der Waals surface area contributed by atoms with Crippen molar-refractivity contribution >= 4 is 11.7 Å². The van der Waals surface area contributed by atoms with Crippen molar-refractivity contribution in [1.29, 1.82) is 0 Å². The number of aromatic nitrogens is 2. The van der Waals surface area contributed by atoms with Crippen LogP contribution in [0.4, 0.5) is 5.82 Å². The van der Waals surface area contributed by atoms with E-state index >= 15 is 0 Å². The lowest BCUT2D eigenvalue weighted by Gasteiger charge is -2.27. The van der Waals surface area contributed by atoms with Gasteiger partial charge in [0.25, 0.3) is 5.91 Å². The fourth-order valence-corrected chi connectivity index (χ4v) is 3.25. The average Bonchev–Trinajstić information content (AvgIpc) is 3.26. The number of amides is 1. The Bertz CT molecular complexity index is 888. The van der Waals surface area contributed by atoms with E-state index < -0.39 is 0 Å². The molecule has 1 amide bonds. The summed E-state index contributed by atoms with van der Waals surface area (Å²) in [6.07, 6.45) is 6.54. The Labute approximate surface area is 158 Å². The fraction of sp³-hybridized carbons (Fsp3) is 0.286. The summed E-state index contributed by atoms with van der Waals surface area (Å²) < 4.78 is 5.39. The number of carbonyl (C=O) groups excluding carboxylic acids is 1. The highest BCUT2D eigenvalue weighted by molar-refractivity contribution is 5.98. The highest BCUT2D eigenvalue weighted by atomic mass is 16.3. The van der Waals surface area contributed by atoms with Gasteiger partial charge in [0.05, 0.1) is 12.8 Å². The van der Waals surface area contributed by atoms with Crippen LogP contribution in [0.2, 0.25) is 0 Å². The summed E-state index contributed by atoms with van der Waals surface area (Å²) in [5, 5.41) is 3.25. The fourth-order valence-electron chi connectivity index (χ4n) is 3.25. The molecule has 0 saturated carbocycles. The van der Waals surface area contributed by atoms with Crippen molar-refractivity contribution < 1.29 is 9.21 Å². The van der Waals surface area contributed by atoms with Crippen molar-refractivity contribution in [1.82, 2.24) is 14.9 Å². The molecule has 0 bridgehead atoms. The van der Waals surface area contributed by atoms with Gasteiger partial charge in [-0.1, -0.05) is 30.3 Å². The van der Waals surface area contributed by atoms with Crippen LogP contribution in [0.1, 0.15) is 35.4 Å². The van der Waals surface area contributed by atoms with Crippen LogP contribution in [-0.2, 0) is 6.54 Å². The van der Waals surface area contributed by atoms with Gasteiger partial charge in [0.2, 0.25) is 0 Å². The lowest BCUT2D eigenvalue weighted by atomic mass is 10.1. The molecule has 0 aliphatic carbocycles. The van der Waals surface area contributed by atoms with Gasteiger partial charge in [-0.3, -0.25) is 4.79 Å². The second-order valence-electron chi connectivity index (χ2n) is 6.61. The maximum Gasteiger partial charge on any atom is 0.259 e. The number of nitrogens with one attached hydrogen (secondary N) is 1. The third-order valence-corrected chi connectivity index (χ3v) is 4.70. The Morgan fingerprint density at radius 1 is 1.07 bits per heavy atom. The molecule has 1 fully saturated rings. The molecule has 1 aliphatic heterocycles. The molecule has 0 radical (unpaired) electrons. The number of furan rings is 1. The lowest BCUT2D eigenvalue weighted by molar-refractivity contribution is 0.0724. The molecular weight excluding hydrogens is 340 g/mol. The van der Waals surface area contributed by atoms with Crippen LogP contribution in [0, 0.1) is 0 Å². The molecule has 1 saturated heterocycles. The van der Waals surface area contributed by atoms with Gasteiger partial charge in [-0.25, -0.2) is 9.97 Å². The topological polar surface area (TPSA) is 71.3 Å². The zero-order valence-corrected chi connectivity index (χ0v) is 15.1. The van der Waals surface area contributed by atoms with Crippen LogP contribution < -0.4 is 5.32 Å². The molecule has 3 heterocycles. The Morgan fingerprint density at radius 2 is 1.89 bits per heavy atom. The normalized spacial score (nSPS) is 14.1. The third kappa shape index (κ3) is 4.00. The molecule has 0 spiro atoms. The number of rotatable bonds is 5. The summed E-state index contributed by atoms with van der Waals surface area (Å²) in [6.45, 7) is 2.03. The molecule has 6 nitrogen and oxygen atoms in total. The van der Waals surface area contributed by atoms with E-state index in [9.17, 15) is 4.79 Å². The molecule has 4 rings (SSSR count). The Hall–Kier alpha value is -3.15. The van der Waals surface area contributed by atoms with E-state index in [0.29, 0.717) is 23.8 Å². The summed E-state index contributed by atoms with van der Waals surface area (Å²) in [4.78, 5) is 24.0. The van der Waals surface area contributed by atoms with Crippen LogP contribution >= 0.6 is 0 Å². The molecule has 2 aromatic heterocycles. The zero-order chi connectivity index (χ0) is 18.5. The van der Waals surface area contributed by atoms with Crippen molar-refractivity contribution in [2.24, 2.45) is 0 Å². The van der Waals surface area contributed by atoms with Crippen molar-refractivity contribution in [2.75, 3.05) is 18.4 Å². The van der Waals surface area contributed by atoms with Gasteiger partial charge in [-0.2, -0.15) is 0 Å². The number of anilines is 1. The van der Waals surface area contributed by atoms with Gasteiger partial charge in [0.1, 0.15) is 17.1 Å². The summed E-state index contributed by atoms with van der Waals surface area (Å²) in [5.74, 6) is 1.89. The van der Waals surface area contributed by atoms with E-state index in [1.54, 1.807) is 12.5 Å². The SMILES string of the molecule is O=C(c1cnc(-c2ccccc2)nc1NCc1ccco1)N1CCCCC1. The molecule has 138 valence electrons. The maximum absolute atomic E-state index is 13.0. The minimum absolute atomic E-state index is 0.0174. The maximum atomic E-state index is 13.0. The van der Waals surface area contributed by atoms with Crippen molar-refractivity contribution in [3.63, 3.8) is 0 Å². The van der Waals surface area contributed by atoms with Gasteiger partial charge >= 0.3 is 0 Å². The van der Waals surface area contributed by atoms with E-state index in [2.05, 4.69) is 15.3 Å². The first-order valence-electron chi connectivity index (χ1n) is 9.29. The Morgan fingerprint density at radius 3 is 2.63 bits per heavy atom. The first-order chi connectivity index (χ1) is 13.3. The molecule has 3 aromatic rings. The number of likely N-dealkylation sites (tertiary alicyclic amines) is 1. The summed E-state index contributed by atoms with van der Waals surface area (Å²) >= 11 is 0. The monoisotopic (exact) mass is 362 g/mol. The minimum atomic E-state index is -0.0174. The van der Waals surface area contributed by atoms with Crippen molar-refractivity contribution in [3.8, 4) is 11.4 Å². The average molecular weight is 362 g/mol. The third-order valence-electron chi connectivity index (χ3n) is 4.70. The van der Waals surface area contributed by atoms with E-state index in [0.717, 1.165) is 37.3 Å². The molecule has 1 aliphatic rings. The van der Waals surface area contributed by atoms with Gasteiger partial charge in [0.15, 0.2) is 5.82 Å². The van der Waals surface area contributed by atoms with Crippen LogP contribution in [0.25, 0.3) is 11.4 Å². The first-order valence-corrected chi connectivity index (χ1v) is 9.29. The number of nitrogens with zero attached hydrogens (tertiary/aromatic N) is 3. The van der Waals surface area contributed by atoms with E-state index in [1.807, 2.05) is 47.4 Å².